The Morgan fingerprint density at radius 3 is 2.50 bits per heavy atom. The van der Waals surface area contributed by atoms with Crippen LogP contribution in [0.15, 0.2) is 30.3 Å². The number of aliphatic hydroxyl groups excluding tert-OH is 3. The molecule has 1 heterocycles. The molecule has 0 spiro atoms. The van der Waals surface area contributed by atoms with Crippen LogP contribution >= 0.6 is 0 Å². The van der Waals surface area contributed by atoms with Crippen LogP contribution < -0.4 is 5.73 Å². The summed E-state index contributed by atoms with van der Waals surface area (Å²) in [6.45, 7) is -0.287. The minimum absolute atomic E-state index is 0.0360. The number of ether oxygens (including phenoxy) is 3. The Hall–Kier alpha value is -1.55. The highest BCUT2D eigenvalue weighted by Gasteiger charge is 2.44. The van der Waals surface area contributed by atoms with Crippen molar-refractivity contribution in [2.75, 3.05) is 13.7 Å². The fourth-order valence-corrected chi connectivity index (χ4v) is 2.48. The van der Waals surface area contributed by atoms with Gasteiger partial charge in [-0.05, 0) is 5.56 Å². The molecule has 0 amide bonds. The monoisotopic (exact) mass is 341 g/mol. The summed E-state index contributed by atoms with van der Waals surface area (Å²) in [5.74, 6) is -0.559. The Morgan fingerprint density at radius 2 is 1.88 bits per heavy atom. The molecule has 1 saturated heterocycles. The van der Waals surface area contributed by atoms with Gasteiger partial charge in [-0.3, -0.25) is 4.79 Å². The third kappa shape index (κ3) is 4.50. The third-order valence-corrected chi connectivity index (χ3v) is 3.92. The Bertz CT molecular complexity index is 524. The number of nitrogens with two attached hydrogens (primary N) is 1. The topological polar surface area (TPSA) is 131 Å². The van der Waals surface area contributed by atoms with Gasteiger partial charge in [0.25, 0.3) is 0 Å². The first-order valence-corrected chi connectivity index (χ1v) is 7.62. The van der Waals surface area contributed by atoms with Gasteiger partial charge in [0, 0.05) is 13.2 Å². The molecule has 8 heteroatoms. The smallest absolute Gasteiger partial charge is 0.307 e. The molecule has 8 nitrogen and oxygen atoms in total. The third-order valence-electron chi connectivity index (χ3n) is 3.92. The summed E-state index contributed by atoms with van der Waals surface area (Å²) in [7, 11) is 1.29. The van der Waals surface area contributed by atoms with Crippen LogP contribution in [0.1, 0.15) is 18.0 Å². The molecule has 6 atom stereocenters. The van der Waals surface area contributed by atoms with Gasteiger partial charge >= 0.3 is 5.97 Å². The Kier molecular flexibility index (Phi) is 6.67. The molecular formula is C16H23NO7. The highest BCUT2D eigenvalue weighted by molar-refractivity contribution is 5.70. The first-order valence-electron chi connectivity index (χ1n) is 7.62. The molecule has 0 bridgehead atoms. The second-order valence-corrected chi connectivity index (χ2v) is 5.65. The number of esters is 1. The molecule has 0 aromatic heterocycles. The maximum absolute atomic E-state index is 11.9. The lowest BCUT2D eigenvalue weighted by atomic mass is 9.99. The largest absolute Gasteiger partial charge is 0.463 e. The van der Waals surface area contributed by atoms with Crippen molar-refractivity contribution in [2.45, 2.75) is 43.2 Å². The summed E-state index contributed by atoms with van der Waals surface area (Å²) in [6.07, 6.45) is -6.40. The summed E-state index contributed by atoms with van der Waals surface area (Å²) < 4.78 is 15.2. The van der Waals surface area contributed by atoms with Crippen LogP contribution in [0, 0.1) is 0 Å². The van der Waals surface area contributed by atoms with Gasteiger partial charge in [-0.2, -0.15) is 0 Å². The normalized spacial score (nSPS) is 31.5. The SMILES string of the molecule is CO[C@H]1O[C@H](COC(=O)C[C@H](N)c2ccccc2)[C@@H](O)[C@H](O)[C@@H]1O. The molecule has 1 aliphatic heterocycles. The van der Waals surface area contributed by atoms with E-state index in [-0.39, 0.29) is 13.0 Å². The van der Waals surface area contributed by atoms with Gasteiger partial charge in [-0.1, -0.05) is 30.3 Å². The Morgan fingerprint density at radius 1 is 1.21 bits per heavy atom. The molecular weight excluding hydrogens is 318 g/mol. The molecule has 5 N–H and O–H groups in total. The summed E-state index contributed by atoms with van der Waals surface area (Å²) in [4.78, 5) is 11.9. The quantitative estimate of drug-likeness (QED) is 0.488. The molecule has 24 heavy (non-hydrogen) atoms. The van der Waals surface area contributed by atoms with Gasteiger partial charge in [-0.25, -0.2) is 0 Å². The van der Waals surface area contributed by atoms with E-state index in [4.69, 9.17) is 19.9 Å². The first kappa shape index (κ1) is 18.8. The van der Waals surface area contributed by atoms with Gasteiger partial charge in [0.2, 0.25) is 0 Å². The molecule has 2 rings (SSSR count). The van der Waals surface area contributed by atoms with Crippen molar-refractivity contribution in [3.8, 4) is 0 Å². The number of hydrogen-bond donors (Lipinski definition) is 4. The summed E-state index contributed by atoms with van der Waals surface area (Å²) >= 11 is 0. The van der Waals surface area contributed by atoms with Crippen molar-refractivity contribution in [3.05, 3.63) is 35.9 Å². The van der Waals surface area contributed by atoms with E-state index in [1.165, 1.54) is 7.11 Å². The molecule has 1 aliphatic rings. The van der Waals surface area contributed by atoms with Crippen molar-refractivity contribution < 1.29 is 34.3 Å². The fraction of sp³-hybridized carbons (Fsp3) is 0.562. The van der Waals surface area contributed by atoms with Crippen LogP contribution in [0.2, 0.25) is 0 Å². The molecule has 1 aromatic rings. The van der Waals surface area contributed by atoms with Crippen LogP contribution in [0.4, 0.5) is 0 Å². The summed E-state index contributed by atoms with van der Waals surface area (Å²) in [5, 5.41) is 29.3. The van der Waals surface area contributed by atoms with Crippen molar-refractivity contribution in [1.82, 2.24) is 0 Å². The van der Waals surface area contributed by atoms with Crippen molar-refractivity contribution in [3.63, 3.8) is 0 Å². The highest BCUT2D eigenvalue weighted by Crippen LogP contribution is 2.22. The van der Waals surface area contributed by atoms with Gasteiger partial charge in [0.05, 0.1) is 6.42 Å². The fourth-order valence-electron chi connectivity index (χ4n) is 2.48. The van der Waals surface area contributed by atoms with E-state index >= 15 is 0 Å². The zero-order valence-corrected chi connectivity index (χ0v) is 13.3. The number of hydrogen-bond acceptors (Lipinski definition) is 8. The van der Waals surface area contributed by atoms with Crippen molar-refractivity contribution >= 4 is 5.97 Å². The first-order chi connectivity index (χ1) is 11.4. The number of methoxy groups -OCH3 is 1. The van der Waals surface area contributed by atoms with E-state index in [0.29, 0.717) is 0 Å². The van der Waals surface area contributed by atoms with Gasteiger partial charge in [-0.15, -0.1) is 0 Å². The summed E-state index contributed by atoms with van der Waals surface area (Å²) in [5.41, 5.74) is 6.75. The lowest BCUT2D eigenvalue weighted by Crippen LogP contribution is -2.59. The average molecular weight is 341 g/mol. The molecule has 0 saturated carbocycles. The van der Waals surface area contributed by atoms with Crippen LogP contribution in [0.25, 0.3) is 0 Å². The predicted octanol–water partition coefficient (Wildman–Crippen LogP) is -0.926. The van der Waals surface area contributed by atoms with Gasteiger partial charge < -0.3 is 35.3 Å². The number of aliphatic hydroxyl groups is 3. The van der Waals surface area contributed by atoms with Crippen LogP contribution in [-0.4, -0.2) is 65.7 Å². The van der Waals surface area contributed by atoms with E-state index in [0.717, 1.165) is 5.56 Å². The lowest BCUT2D eigenvalue weighted by molar-refractivity contribution is -0.295. The second kappa shape index (κ2) is 8.52. The Balaban J connectivity index is 1.84. The van der Waals surface area contributed by atoms with E-state index in [2.05, 4.69) is 0 Å². The molecule has 0 unspecified atom stereocenters. The minimum atomic E-state index is -1.46. The zero-order chi connectivity index (χ0) is 17.7. The number of benzene rings is 1. The maximum atomic E-state index is 11.9. The molecule has 0 aliphatic carbocycles. The van der Waals surface area contributed by atoms with Crippen LogP contribution in [0.5, 0.6) is 0 Å². The summed E-state index contributed by atoms with van der Waals surface area (Å²) in [6, 6.07) is 8.62. The van der Waals surface area contributed by atoms with E-state index in [1.54, 1.807) is 0 Å². The molecule has 1 aromatic carbocycles. The zero-order valence-electron chi connectivity index (χ0n) is 13.3. The maximum Gasteiger partial charge on any atom is 0.307 e. The Labute approximate surface area is 139 Å². The number of carbonyl (C=O) groups excluding carboxylic acids is 1. The number of rotatable bonds is 6. The second-order valence-electron chi connectivity index (χ2n) is 5.65. The van der Waals surface area contributed by atoms with E-state index in [9.17, 15) is 20.1 Å². The predicted molar refractivity (Wildman–Crippen MR) is 82.6 cm³/mol. The van der Waals surface area contributed by atoms with Crippen molar-refractivity contribution in [2.24, 2.45) is 5.73 Å². The molecule has 134 valence electrons. The standard InChI is InChI=1S/C16H23NO7/c1-22-16-15(21)14(20)13(19)11(24-16)8-23-12(18)7-10(17)9-5-3-2-4-6-9/h2-6,10-11,13-16,19-21H,7-8,17H2,1H3/t10-,11+,13+,14-,15-,16-/m0/s1. The number of carbonyl (C=O) groups is 1. The minimum Gasteiger partial charge on any atom is -0.463 e. The van der Waals surface area contributed by atoms with E-state index in [1.807, 2.05) is 30.3 Å². The highest BCUT2D eigenvalue weighted by atomic mass is 16.7. The van der Waals surface area contributed by atoms with Gasteiger partial charge in [0.15, 0.2) is 6.29 Å². The molecule has 0 radical (unpaired) electrons. The lowest BCUT2D eigenvalue weighted by Gasteiger charge is -2.39. The van der Waals surface area contributed by atoms with E-state index < -0.39 is 42.7 Å². The van der Waals surface area contributed by atoms with Crippen LogP contribution in [0.3, 0.4) is 0 Å². The van der Waals surface area contributed by atoms with Crippen molar-refractivity contribution in [1.29, 1.82) is 0 Å². The average Bonchev–Trinajstić information content (AvgIpc) is 2.60. The van der Waals surface area contributed by atoms with Gasteiger partial charge in [0.1, 0.15) is 31.0 Å². The molecule has 1 fully saturated rings. The van der Waals surface area contributed by atoms with Crippen LogP contribution in [-0.2, 0) is 19.0 Å².